The van der Waals surface area contributed by atoms with Crippen molar-refractivity contribution in [2.45, 2.75) is 30.6 Å². The third-order valence-electron chi connectivity index (χ3n) is 4.15. The molecule has 5 heteroatoms. The number of benzene rings is 2. The van der Waals surface area contributed by atoms with Gasteiger partial charge in [-0.15, -0.1) is 0 Å². The van der Waals surface area contributed by atoms with Crippen molar-refractivity contribution in [1.29, 1.82) is 0 Å². The summed E-state index contributed by atoms with van der Waals surface area (Å²) in [4.78, 5) is 0. The standard InChI is InChI=1S/C17H18FNO2S/c18-16-9-7-15(8-10-16)17(11-4-12-17)19-22(20,21)13-14-5-2-1-3-6-14/h1-3,5-10,19H,4,11-13H2. The monoisotopic (exact) mass is 319 g/mol. The molecule has 2 aromatic rings. The van der Waals surface area contributed by atoms with Crippen LogP contribution in [0.15, 0.2) is 54.6 Å². The molecule has 0 unspecified atom stereocenters. The number of hydrogen-bond donors (Lipinski definition) is 1. The molecule has 0 amide bonds. The van der Waals surface area contributed by atoms with Gasteiger partial charge in [0, 0.05) is 0 Å². The Kier molecular flexibility index (Phi) is 4.02. The lowest BCUT2D eigenvalue weighted by molar-refractivity contribution is 0.224. The number of nitrogens with one attached hydrogen (secondary N) is 1. The van der Waals surface area contributed by atoms with Crippen molar-refractivity contribution in [3.8, 4) is 0 Å². The van der Waals surface area contributed by atoms with Crippen molar-refractivity contribution in [2.24, 2.45) is 0 Å². The minimum Gasteiger partial charge on any atom is -0.212 e. The van der Waals surface area contributed by atoms with Crippen LogP contribution in [0, 0.1) is 5.82 Å². The summed E-state index contributed by atoms with van der Waals surface area (Å²) < 4.78 is 40.9. The van der Waals surface area contributed by atoms with E-state index in [-0.39, 0.29) is 11.6 Å². The van der Waals surface area contributed by atoms with Gasteiger partial charge >= 0.3 is 0 Å². The van der Waals surface area contributed by atoms with Gasteiger partial charge in [-0.1, -0.05) is 42.5 Å². The van der Waals surface area contributed by atoms with Crippen molar-refractivity contribution >= 4 is 10.0 Å². The second-order valence-electron chi connectivity index (χ2n) is 5.79. The Labute approximate surface area is 130 Å². The SMILES string of the molecule is O=S(=O)(Cc1ccccc1)NC1(c2ccc(F)cc2)CCC1. The van der Waals surface area contributed by atoms with Crippen molar-refractivity contribution < 1.29 is 12.8 Å². The summed E-state index contributed by atoms with van der Waals surface area (Å²) in [5.74, 6) is -0.359. The molecule has 0 saturated heterocycles. The molecule has 2 aromatic carbocycles. The van der Waals surface area contributed by atoms with Crippen LogP contribution in [0.3, 0.4) is 0 Å². The van der Waals surface area contributed by atoms with Gasteiger partial charge in [-0.3, -0.25) is 0 Å². The Morgan fingerprint density at radius 1 is 1.00 bits per heavy atom. The molecule has 0 spiro atoms. The summed E-state index contributed by atoms with van der Waals surface area (Å²) in [6, 6.07) is 15.2. The molecule has 116 valence electrons. The molecular formula is C17H18FNO2S. The first-order chi connectivity index (χ1) is 10.5. The molecule has 1 fully saturated rings. The van der Waals surface area contributed by atoms with Crippen LogP contribution < -0.4 is 4.72 Å². The molecule has 0 aromatic heterocycles. The van der Waals surface area contributed by atoms with Crippen molar-refractivity contribution in [3.05, 3.63) is 71.5 Å². The van der Waals surface area contributed by atoms with E-state index in [2.05, 4.69) is 4.72 Å². The fourth-order valence-corrected chi connectivity index (χ4v) is 4.50. The Hall–Kier alpha value is -1.72. The quantitative estimate of drug-likeness (QED) is 0.919. The molecule has 1 saturated carbocycles. The number of hydrogen-bond acceptors (Lipinski definition) is 2. The van der Waals surface area contributed by atoms with Crippen LogP contribution in [0.5, 0.6) is 0 Å². The predicted octanol–water partition coefficient (Wildman–Crippen LogP) is 3.32. The van der Waals surface area contributed by atoms with Gasteiger partial charge in [-0.2, -0.15) is 0 Å². The van der Waals surface area contributed by atoms with Gasteiger partial charge < -0.3 is 0 Å². The molecule has 0 atom stereocenters. The molecule has 1 aliphatic rings. The highest BCUT2D eigenvalue weighted by atomic mass is 32.2. The number of rotatable bonds is 5. The number of sulfonamides is 1. The van der Waals surface area contributed by atoms with E-state index in [1.807, 2.05) is 18.2 Å². The van der Waals surface area contributed by atoms with E-state index in [9.17, 15) is 12.8 Å². The topological polar surface area (TPSA) is 46.2 Å². The summed E-state index contributed by atoms with van der Waals surface area (Å²) in [5.41, 5.74) is 1.00. The highest BCUT2D eigenvalue weighted by Crippen LogP contribution is 2.42. The van der Waals surface area contributed by atoms with Crippen molar-refractivity contribution in [2.75, 3.05) is 0 Å². The summed E-state index contributed by atoms with van der Waals surface area (Å²) in [6.45, 7) is 0. The van der Waals surface area contributed by atoms with Crippen LogP contribution in [0.1, 0.15) is 30.4 Å². The molecule has 22 heavy (non-hydrogen) atoms. The predicted molar refractivity (Wildman–Crippen MR) is 84.1 cm³/mol. The number of halogens is 1. The van der Waals surface area contributed by atoms with Gasteiger partial charge in [0.05, 0.1) is 11.3 Å². The van der Waals surface area contributed by atoms with E-state index >= 15 is 0 Å². The highest BCUT2D eigenvalue weighted by molar-refractivity contribution is 7.88. The van der Waals surface area contributed by atoms with Crippen molar-refractivity contribution in [1.82, 2.24) is 4.72 Å². The van der Waals surface area contributed by atoms with E-state index in [0.717, 1.165) is 30.4 Å². The Morgan fingerprint density at radius 3 is 2.18 bits per heavy atom. The van der Waals surface area contributed by atoms with E-state index < -0.39 is 15.6 Å². The first-order valence-corrected chi connectivity index (χ1v) is 8.96. The normalized spacial score (nSPS) is 17.0. The molecule has 0 heterocycles. The second-order valence-corrected chi connectivity index (χ2v) is 7.51. The van der Waals surface area contributed by atoms with Crippen molar-refractivity contribution in [3.63, 3.8) is 0 Å². The largest absolute Gasteiger partial charge is 0.216 e. The lowest BCUT2D eigenvalue weighted by Gasteiger charge is -2.42. The maximum absolute atomic E-state index is 13.1. The molecule has 3 rings (SSSR count). The van der Waals surface area contributed by atoms with Crippen LogP contribution >= 0.6 is 0 Å². The maximum atomic E-state index is 13.1. The zero-order chi connectivity index (χ0) is 15.6. The second kappa shape index (κ2) is 5.82. The van der Waals surface area contributed by atoms with Gasteiger partial charge in [-0.05, 0) is 42.5 Å². The molecule has 0 bridgehead atoms. The Bertz CT molecular complexity index is 738. The molecular weight excluding hydrogens is 301 g/mol. The van der Waals surface area contributed by atoms with E-state index in [0.29, 0.717) is 0 Å². The summed E-state index contributed by atoms with van der Waals surface area (Å²) in [6.07, 6.45) is 2.45. The van der Waals surface area contributed by atoms with Gasteiger partial charge in [-0.25, -0.2) is 17.5 Å². The molecule has 0 aliphatic heterocycles. The fraction of sp³-hybridized carbons (Fsp3) is 0.294. The van der Waals surface area contributed by atoms with Crippen LogP contribution in [-0.4, -0.2) is 8.42 Å². The zero-order valence-corrected chi connectivity index (χ0v) is 12.9. The zero-order valence-electron chi connectivity index (χ0n) is 12.1. The van der Waals surface area contributed by atoms with Crippen LogP contribution in [0.2, 0.25) is 0 Å². The minimum atomic E-state index is -3.46. The van der Waals surface area contributed by atoms with Crippen LogP contribution in [0.4, 0.5) is 4.39 Å². The summed E-state index contributed by atoms with van der Waals surface area (Å²) >= 11 is 0. The molecule has 3 nitrogen and oxygen atoms in total. The van der Waals surface area contributed by atoms with Crippen LogP contribution in [0.25, 0.3) is 0 Å². The Balaban J connectivity index is 1.81. The first-order valence-electron chi connectivity index (χ1n) is 7.31. The average molecular weight is 319 g/mol. The Morgan fingerprint density at radius 2 is 1.64 bits per heavy atom. The van der Waals surface area contributed by atoms with Gasteiger partial charge in [0.1, 0.15) is 5.82 Å². The van der Waals surface area contributed by atoms with Gasteiger partial charge in [0.15, 0.2) is 0 Å². The van der Waals surface area contributed by atoms with E-state index in [1.165, 1.54) is 12.1 Å². The van der Waals surface area contributed by atoms with Gasteiger partial charge in [0.25, 0.3) is 0 Å². The fourth-order valence-electron chi connectivity index (χ4n) is 2.88. The molecule has 0 radical (unpaired) electrons. The molecule has 1 aliphatic carbocycles. The first kappa shape index (κ1) is 15.2. The summed E-state index contributed by atoms with van der Waals surface area (Å²) in [5, 5.41) is 0. The van der Waals surface area contributed by atoms with Crippen LogP contribution in [-0.2, 0) is 21.3 Å². The van der Waals surface area contributed by atoms with E-state index in [1.54, 1.807) is 24.3 Å². The summed E-state index contributed by atoms with van der Waals surface area (Å²) in [7, 11) is -3.46. The van der Waals surface area contributed by atoms with E-state index in [4.69, 9.17) is 0 Å². The third-order valence-corrected chi connectivity index (χ3v) is 5.57. The maximum Gasteiger partial charge on any atom is 0.216 e. The molecule has 1 N–H and O–H groups in total. The lowest BCUT2D eigenvalue weighted by Crippen LogP contribution is -2.50. The highest BCUT2D eigenvalue weighted by Gasteiger charge is 2.41. The average Bonchev–Trinajstić information content (AvgIpc) is 2.45. The van der Waals surface area contributed by atoms with Gasteiger partial charge in [0.2, 0.25) is 10.0 Å². The third kappa shape index (κ3) is 3.20. The minimum absolute atomic E-state index is 0.0449. The lowest BCUT2D eigenvalue weighted by atomic mass is 9.73. The smallest absolute Gasteiger partial charge is 0.212 e.